The van der Waals surface area contributed by atoms with Gasteiger partial charge < -0.3 is 15.2 Å². The Morgan fingerprint density at radius 1 is 1.10 bits per heavy atom. The third-order valence-electron chi connectivity index (χ3n) is 4.05. The first-order chi connectivity index (χ1) is 13.5. The summed E-state index contributed by atoms with van der Waals surface area (Å²) < 4.78 is 44.5. The molecule has 0 saturated carbocycles. The highest BCUT2D eigenvalue weighted by Gasteiger charge is 2.62. The SMILES string of the molecule is CCOC(=O)[C@@](O)(c1ccc(N(C)C(=O)Nc2ccc(Cl)cc2)cc1)C(F)(F)F. The lowest BCUT2D eigenvalue weighted by Crippen LogP contribution is -2.50. The number of urea groups is 1. The Morgan fingerprint density at radius 3 is 2.14 bits per heavy atom. The second-order valence-corrected chi connectivity index (χ2v) is 6.41. The lowest BCUT2D eigenvalue weighted by molar-refractivity contribution is -0.267. The maximum atomic E-state index is 13.4. The van der Waals surface area contributed by atoms with E-state index in [0.29, 0.717) is 10.7 Å². The summed E-state index contributed by atoms with van der Waals surface area (Å²) in [5.74, 6) is -1.82. The first-order valence-electron chi connectivity index (χ1n) is 8.37. The van der Waals surface area contributed by atoms with E-state index in [1.165, 1.54) is 26.1 Å². The lowest BCUT2D eigenvalue weighted by Gasteiger charge is -2.29. The molecule has 0 aliphatic carbocycles. The Labute approximate surface area is 169 Å². The van der Waals surface area contributed by atoms with Gasteiger partial charge in [-0.25, -0.2) is 9.59 Å². The van der Waals surface area contributed by atoms with Crippen molar-refractivity contribution in [3.8, 4) is 0 Å². The van der Waals surface area contributed by atoms with Crippen LogP contribution in [0.4, 0.5) is 29.3 Å². The van der Waals surface area contributed by atoms with E-state index in [9.17, 15) is 27.9 Å². The normalized spacial score (nSPS) is 13.3. The first-order valence-corrected chi connectivity index (χ1v) is 8.75. The molecule has 2 N–H and O–H groups in total. The molecule has 156 valence electrons. The van der Waals surface area contributed by atoms with Gasteiger partial charge in [-0.05, 0) is 43.3 Å². The minimum Gasteiger partial charge on any atom is -0.463 e. The number of aliphatic hydroxyl groups is 1. The molecule has 10 heteroatoms. The van der Waals surface area contributed by atoms with Gasteiger partial charge in [-0.3, -0.25) is 4.90 Å². The van der Waals surface area contributed by atoms with E-state index >= 15 is 0 Å². The van der Waals surface area contributed by atoms with Crippen LogP contribution in [0.2, 0.25) is 5.02 Å². The second kappa shape index (κ2) is 8.71. The molecule has 1 atom stereocenters. The molecule has 0 fully saturated rings. The number of anilines is 2. The molecule has 0 bridgehead atoms. The summed E-state index contributed by atoms with van der Waals surface area (Å²) in [6.45, 7) is 0.995. The van der Waals surface area contributed by atoms with Gasteiger partial charge in [0.15, 0.2) is 0 Å². The Hall–Kier alpha value is -2.78. The van der Waals surface area contributed by atoms with E-state index in [2.05, 4.69) is 10.1 Å². The fourth-order valence-electron chi connectivity index (χ4n) is 2.42. The van der Waals surface area contributed by atoms with E-state index in [1.54, 1.807) is 24.3 Å². The van der Waals surface area contributed by atoms with E-state index < -0.39 is 29.3 Å². The van der Waals surface area contributed by atoms with Crippen molar-refractivity contribution in [2.45, 2.75) is 18.7 Å². The van der Waals surface area contributed by atoms with Crippen molar-refractivity contribution < 1.29 is 32.6 Å². The van der Waals surface area contributed by atoms with Crippen LogP contribution in [0, 0.1) is 0 Å². The quantitative estimate of drug-likeness (QED) is 0.692. The van der Waals surface area contributed by atoms with Crippen molar-refractivity contribution in [3.63, 3.8) is 0 Å². The molecule has 0 aromatic heterocycles. The average Bonchev–Trinajstić information content (AvgIpc) is 2.68. The molecule has 2 amide bonds. The molecule has 6 nitrogen and oxygen atoms in total. The monoisotopic (exact) mass is 430 g/mol. The number of halogens is 4. The Kier molecular flexibility index (Phi) is 6.76. The molecule has 0 unspecified atom stereocenters. The number of hydrogen-bond acceptors (Lipinski definition) is 4. The number of esters is 1. The number of nitrogens with one attached hydrogen (secondary N) is 1. The predicted molar refractivity (Wildman–Crippen MR) is 102 cm³/mol. The van der Waals surface area contributed by atoms with Gasteiger partial charge in [0.25, 0.3) is 5.60 Å². The van der Waals surface area contributed by atoms with Gasteiger partial charge in [0, 0.05) is 29.0 Å². The average molecular weight is 431 g/mol. The van der Waals surface area contributed by atoms with E-state index in [4.69, 9.17) is 11.6 Å². The zero-order valence-corrected chi connectivity index (χ0v) is 16.2. The van der Waals surface area contributed by atoms with Crippen LogP contribution in [0.3, 0.4) is 0 Å². The fraction of sp³-hybridized carbons (Fsp3) is 0.263. The standard InChI is InChI=1S/C19H18ClF3N2O4/c1-3-29-16(26)18(28,19(21,22)23)12-4-10-15(11-5-12)25(2)17(27)24-14-8-6-13(20)7-9-14/h4-11,28H,3H2,1-2H3,(H,24,27)/t18-/m0/s1. The Bertz CT molecular complexity index is 873. The molecule has 0 aliphatic rings. The van der Waals surface area contributed by atoms with Crippen LogP contribution in [0.15, 0.2) is 48.5 Å². The van der Waals surface area contributed by atoms with Gasteiger partial charge in [-0.2, -0.15) is 13.2 Å². The van der Waals surface area contributed by atoms with Crippen molar-refractivity contribution in [2.24, 2.45) is 0 Å². The summed E-state index contributed by atoms with van der Waals surface area (Å²) in [4.78, 5) is 25.2. The summed E-state index contributed by atoms with van der Waals surface area (Å²) >= 11 is 5.78. The molecule has 2 aromatic rings. The number of amides is 2. The molecule has 0 saturated heterocycles. The topological polar surface area (TPSA) is 78.9 Å². The van der Waals surface area contributed by atoms with Gasteiger partial charge in [0.2, 0.25) is 0 Å². The largest absolute Gasteiger partial charge is 0.463 e. The van der Waals surface area contributed by atoms with Gasteiger partial charge in [0.05, 0.1) is 6.61 Å². The third-order valence-corrected chi connectivity index (χ3v) is 4.31. The first kappa shape index (κ1) is 22.5. The highest BCUT2D eigenvalue weighted by molar-refractivity contribution is 6.30. The van der Waals surface area contributed by atoms with Crippen LogP contribution in [0.5, 0.6) is 0 Å². The van der Waals surface area contributed by atoms with Gasteiger partial charge in [-0.1, -0.05) is 23.7 Å². The highest BCUT2D eigenvalue weighted by Crippen LogP contribution is 2.40. The maximum absolute atomic E-state index is 13.4. The zero-order valence-electron chi connectivity index (χ0n) is 15.5. The van der Waals surface area contributed by atoms with Crippen LogP contribution in [0.1, 0.15) is 12.5 Å². The molecule has 29 heavy (non-hydrogen) atoms. The third kappa shape index (κ3) is 4.80. The van der Waals surface area contributed by atoms with Gasteiger partial charge in [-0.15, -0.1) is 0 Å². The molecule has 0 heterocycles. The van der Waals surface area contributed by atoms with Crippen molar-refractivity contribution >= 4 is 35.0 Å². The van der Waals surface area contributed by atoms with Gasteiger partial charge >= 0.3 is 18.2 Å². The Morgan fingerprint density at radius 2 is 1.66 bits per heavy atom. The highest BCUT2D eigenvalue weighted by atomic mass is 35.5. The minimum atomic E-state index is -5.29. The maximum Gasteiger partial charge on any atom is 0.432 e. The zero-order chi connectivity index (χ0) is 21.8. The smallest absolute Gasteiger partial charge is 0.432 e. The van der Waals surface area contributed by atoms with E-state index in [-0.39, 0.29) is 12.3 Å². The van der Waals surface area contributed by atoms with Crippen LogP contribution in [0.25, 0.3) is 0 Å². The van der Waals surface area contributed by atoms with Crippen molar-refractivity contribution in [1.29, 1.82) is 0 Å². The summed E-state index contributed by atoms with van der Waals surface area (Å²) in [5.41, 5.74) is -3.84. The van der Waals surface area contributed by atoms with E-state index in [0.717, 1.165) is 17.0 Å². The van der Waals surface area contributed by atoms with Crippen LogP contribution < -0.4 is 10.2 Å². The summed E-state index contributed by atoms with van der Waals surface area (Å²) in [7, 11) is 1.40. The number of nitrogens with zero attached hydrogens (tertiary/aromatic N) is 1. The number of rotatable bonds is 5. The molecule has 0 aliphatic heterocycles. The van der Waals surface area contributed by atoms with Crippen LogP contribution in [-0.4, -0.2) is 36.9 Å². The lowest BCUT2D eigenvalue weighted by atomic mass is 9.93. The number of carbonyl (C=O) groups excluding carboxylic acids is 2. The molecule has 0 spiro atoms. The summed E-state index contributed by atoms with van der Waals surface area (Å²) in [5, 5.41) is 13.2. The van der Waals surface area contributed by atoms with Crippen molar-refractivity contribution in [1.82, 2.24) is 0 Å². The number of hydrogen-bond donors (Lipinski definition) is 2. The molecule has 2 rings (SSSR count). The van der Waals surface area contributed by atoms with E-state index in [1.807, 2.05) is 0 Å². The number of carbonyl (C=O) groups is 2. The van der Waals surface area contributed by atoms with Gasteiger partial charge in [0.1, 0.15) is 0 Å². The molecule has 0 radical (unpaired) electrons. The fourth-order valence-corrected chi connectivity index (χ4v) is 2.54. The molecular formula is C19H18ClF3N2O4. The number of ether oxygens (including phenoxy) is 1. The minimum absolute atomic E-state index is 0.230. The molecule has 2 aromatic carbocycles. The van der Waals surface area contributed by atoms with Crippen molar-refractivity contribution in [3.05, 3.63) is 59.1 Å². The second-order valence-electron chi connectivity index (χ2n) is 5.97. The van der Waals surface area contributed by atoms with Crippen LogP contribution >= 0.6 is 11.6 Å². The Balaban J connectivity index is 2.24. The summed E-state index contributed by atoms with van der Waals surface area (Å²) in [6.07, 6.45) is -5.29. The summed E-state index contributed by atoms with van der Waals surface area (Å²) in [6, 6.07) is 9.94. The van der Waals surface area contributed by atoms with Crippen molar-refractivity contribution in [2.75, 3.05) is 23.9 Å². The number of benzene rings is 2. The molecular weight excluding hydrogens is 413 g/mol. The predicted octanol–water partition coefficient (Wildman–Crippen LogP) is 4.32. The number of alkyl halides is 3. The van der Waals surface area contributed by atoms with Crippen LogP contribution in [-0.2, 0) is 15.1 Å².